The summed E-state index contributed by atoms with van der Waals surface area (Å²) in [6, 6.07) is 4.16. The minimum atomic E-state index is 0.158. The molecule has 5 nitrogen and oxygen atoms in total. The molecule has 0 aliphatic carbocycles. The summed E-state index contributed by atoms with van der Waals surface area (Å²) < 4.78 is 2.93. The maximum atomic E-state index is 4.47. The molecule has 0 fully saturated rings. The lowest BCUT2D eigenvalue weighted by Gasteiger charge is -2.18. The SMILES string of the molecule is Cc1nc(C)c(CNc2ccc3c(nnn3CC(C)(C)C)c2Br)s1. The van der Waals surface area contributed by atoms with Crippen molar-refractivity contribution in [2.24, 2.45) is 5.41 Å². The van der Waals surface area contributed by atoms with Gasteiger partial charge in [-0.2, -0.15) is 0 Å². The Morgan fingerprint density at radius 2 is 2.00 bits per heavy atom. The van der Waals surface area contributed by atoms with Crippen LogP contribution in [0.5, 0.6) is 0 Å². The van der Waals surface area contributed by atoms with Crippen molar-refractivity contribution in [1.82, 2.24) is 20.0 Å². The van der Waals surface area contributed by atoms with Crippen molar-refractivity contribution >= 4 is 44.0 Å². The Balaban J connectivity index is 1.85. The molecule has 0 bridgehead atoms. The number of hydrogen-bond acceptors (Lipinski definition) is 5. The van der Waals surface area contributed by atoms with Gasteiger partial charge in [0.05, 0.1) is 32.9 Å². The molecular weight excluding hydrogens is 386 g/mol. The molecule has 0 unspecified atom stereocenters. The Bertz CT molecular complexity index is 875. The van der Waals surface area contributed by atoms with Gasteiger partial charge in [-0.3, -0.25) is 0 Å². The highest BCUT2D eigenvalue weighted by Gasteiger charge is 2.17. The molecule has 2 aromatic heterocycles. The van der Waals surface area contributed by atoms with Gasteiger partial charge < -0.3 is 5.32 Å². The van der Waals surface area contributed by atoms with Crippen molar-refractivity contribution in [3.05, 3.63) is 32.2 Å². The Kier molecular flexibility index (Phi) is 4.66. The van der Waals surface area contributed by atoms with E-state index in [4.69, 9.17) is 0 Å². The quantitative estimate of drug-likeness (QED) is 0.666. The van der Waals surface area contributed by atoms with E-state index in [1.165, 1.54) is 4.88 Å². The van der Waals surface area contributed by atoms with Crippen LogP contribution in [0.1, 0.15) is 36.3 Å². The average Bonchev–Trinajstić information content (AvgIpc) is 3.00. The fourth-order valence-electron chi connectivity index (χ4n) is 2.62. The van der Waals surface area contributed by atoms with Crippen molar-refractivity contribution in [3.63, 3.8) is 0 Å². The lowest BCUT2D eigenvalue weighted by Crippen LogP contribution is -2.16. The highest BCUT2D eigenvalue weighted by Crippen LogP contribution is 2.31. The number of thiazole rings is 1. The van der Waals surface area contributed by atoms with Gasteiger partial charge in [0.25, 0.3) is 0 Å². The van der Waals surface area contributed by atoms with Crippen molar-refractivity contribution in [1.29, 1.82) is 0 Å². The van der Waals surface area contributed by atoms with E-state index in [-0.39, 0.29) is 5.41 Å². The van der Waals surface area contributed by atoms with Crippen LogP contribution < -0.4 is 5.32 Å². The molecule has 0 amide bonds. The van der Waals surface area contributed by atoms with E-state index in [0.717, 1.165) is 45.0 Å². The van der Waals surface area contributed by atoms with Crippen LogP contribution in [0.2, 0.25) is 0 Å². The van der Waals surface area contributed by atoms with Crippen LogP contribution in [0.3, 0.4) is 0 Å². The summed E-state index contributed by atoms with van der Waals surface area (Å²) in [5.74, 6) is 0. The highest BCUT2D eigenvalue weighted by atomic mass is 79.9. The molecule has 24 heavy (non-hydrogen) atoms. The number of hydrogen-bond donors (Lipinski definition) is 1. The number of rotatable bonds is 4. The number of benzene rings is 1. The monoisotopic (exact) mass is 407 g/mol. The molecule has 0 aliphatic heterocycles. The van der Waals surface area contributed by atoms with E-state index < -0.39 is 0 Å². The van der Waals surface area contributed by atoms with Crippen molar-refractivity contribution < 1.29 is 0 Å². The van der Waals surface area contributed by atoms with Crippen LogP contribution in [-0.4, -0.2) is 20.0 Å². The summed E-state index contributed by atoms with van der Waals surface area (Å²) in [5.41, 5.74) is 4.22. The normalized spacial score (nSPS) is 12.1. The molecule has 0 saturated carbocycles. The van der Waals surface area contributed by atoms with Gasteiger partial charge in [-0.05, 0) is 47.3 Å². The Hall–Kier alpha value is -1.47. The standard InChI is InChI=1S/C17H22BrN5S/c1-10-14(24-11(2)20-10)8-19-12-6-7-13-16(15(12)18)21-22-23(13)9-17(3,4)5/h6-7,19H,8-9H2,1-5H3. The molecule has 0 atom stereocenters. The average molecular weight is 408 g/mol. The third-order valence-corrected chi connectivity index (χ3v) is 5.56. The minimum Gasteiger partial charge on any atom is -0.379 e. The largest absolute Gasteiger partial charge is 0.379 e. The number of anilines is 1. The molecule has 1 aromatic carbocycles. The van der Waals surface area contributed by atoms with Crippen LogP contribution in [-0.2, 0) is 13.1 Å². The summed E-state index contributed by atoms with van der Waals surface area (Å²) in [7, 11) is 0. The van der Waals surface area contributed by atoms with Gasteiger partial charge in [0, 0.05) is 11.4 Å². The number of nitrogens with one attached hydrogen (secondary N) is 1. The molecule has 1 N–H and O–H groups in total. The molecule has 0 radical (unpaired) electrons. The fourth-order valence-corrected chi connectivity index (χ4v) is 4.05. The molecule has 128 valence electrons. The van der Waals surface area contributed by atoms with Gasteiger partial charge in [0.15, 0.2) is 0 Å². The van der Waals surface area contributed by atoms with Gasteiger partial charge in [0.1, 0.15) is 5.52 Å². The first-order valence-electron chi connectivity index (χ1n) is 7.93. The van der Waals surface area contributed by atoms with Gasteiger partial charge >= 0.3 is 0 Å². The highest BCUT2D eigenvalue weighted by molar-refractivity contribution is 9.10. The van der Waals surface area contributed by atoms with E-state index in [2.05, 4.69) is 76.4 Å². The number of fused-ring (bicyclic) bond motifs is 1. The molecule has 0 spiro atoms. The van der Waals surface area contributed by atoms with E-state index in [1.807, 2.05) is 11.6 Å². The molecule has 2 heterocycles. The topological polar surface area (TPSA) is 55.6 Å². The Morgan fingerprint density at radius 3 is 2.62 bits per heavy atom. The molecule has 3 rings (SSSR count). The predicted octanol–water partition coefficient (Wildman–Crippen LogP) is 4.93. The third-order valence-electron chi connectivity index (χ3n) is 3.69. The van der Waals surface area contributed by atoms with Crippen molar-refractivity contribution in [3.8, 4) is 0 Å². The van der Waals surface area contributed by atoms with E-state index in [9.17, 15) is 0 Å². The van der Waals surface area contributed by atoms with Crippen molar-refractivity contribution in [2.75, 3.05) is 5.32 Å². The molecule has 0 aliphatic rings. The predicted molar refractivity (Wildman–Crippen MR) is 104 cm³/mol. The second-order valence-electron chi connectivity index (χ2n) is 7.20. The summed E-state index contributed by atoms with van der Waals surface area (Å²) in [5, 5.41) is 13.3. The second-order valence-corrected chi connectivity index (χ2v) is 9.28. The van der Waals surface area contributed by atoms with E-state index >= 15 is 0 Å². The smallest absolute Gasteiger partial charge is 0.129 e. The Labute approximate surface area is 154 Å². The maximum Gasteiger partial charge on any atom is 0.129 e. The third kappa shape index (κ3) is 3.62. The van der Waals surface area contributed by atoms with Gasteiger partial charge in [0.2, 0.25) is 0 Å². The first kappa shape index (κ1) is 17.4. The second kappa shape index (κ2) is 6.44. The first-order valence-corrected chi connectivity index (χ1v) is 9.54. The van der Waals surface area contributed by atoms with Crippen LogP contribution in [0.25, 0.3) is 11.0 Å². The maximum absolute atomic E-state index is 4.47. The van der Waals surface area contributed by atoms with Crippen LogP contribution in [0.15, 0.2) is 16.6 Å². The lowest BCUT2D eigenvalue weighted by atomic mass is 9.97. The zero-order valence-corrected chi connectivity index (χ0v) is 17.0. The molecule has 0 saturated heterocycles. The number of halogens is 1. The molecule has 7 heteroatoms. The number of aryl methyl sites for hydroxylation is 2. The van der Waals surface area contributed by atoms with Crippen LogP contribution in [0.4, 0.5) is 5.69 Å². The van der Waals surface area contributed by atoms with E-state index in [0.29, 0.717) is 0 Å². The summed E-state index contributed by atoms with van der Waals surface area (Å²) in [6.07, 6.45) is 0. The summed E-state index contributed by atoms with van der Waals surface area (Å²) in [6.45, 7) is 12.3. The van der Waals surface area contributed by atoms with Gasteiger partial charge in [-0.1, -0.05) is 26.0 Å². The lowest BCUT2D eigenvalue weighted by molar-refractivity contribution is 0.327. The minimum absolute atomic E-state index is 0.158. The van der Waals surface area contributed by atoms with Crippen molar-refractivity contribution in [2.45, 2.75) is 47.7 Å². The van der Waals surface area contributed by atoms with Gasteiger partial charge in [-0.15, -0.1) is 16.4 Å². The summed E-state index contributed by atoms with van der Waals surface area (Å²) in [4.78, 5) is 5.73. The summed E-state index contributed by atoms with van der Waals surface area (Å²) >= 11 is 5.41. The number of nitrogens with zero attached hydrogens (tertiary/aromatic N) is 4. The Morgan fingerprint density at radius 1 is 1.25 bits per heavy atom. The first-order chi connectivity index (χ1) is 11.2. The zero-order valence-electron chi connectivity index (χ0n) is 14.6. The zero-order chi connectivity index (χ0) is 17.5. The number of aromatic nitrogens is 4. The van der Waals surface area contributed by atoms with E-state index in [1.54, 1.807) is 11.3 Å². The van der Waals surface area contributed by atoms with Gasteiger partial charge in [-0.25, -0.2) is 9.67 Å². The fraction of sp³-hybridized carbons (Fsp3) is 0.471. The molecule has 3 aromatic rings. The van der Waals surface area contributed by atoms with Crippen LogP contribution >= 0.6 is 27.3 Å². The molecular formula is C17H22BrN5S. The van der Waals surface area contributed by atoms with Crippen LogP contribution in [0, 0.1) is 19.3 Å².